The molecule has 0 spiro atoms. The Labute approximate surface area is 137 Å². The van der Waals surface area contributed by atoms with Crippen LogP contribution in [-0.2, 0) is 0 Å². The van der Waals surface area contributed by atoms with Gasteiger partial charge in [-0.1, -0.05) is 41.9 Å². The molecule has 3 nitrogen and oxygen atoms in total. The van der Waals surface area contributed by atoms with Crippen LogP contribution in [0.1, 0.15) is 5.56 Å². The third kappa shape index (κ3) is 2.87. The standard InChI is InChI=1S/C18H11ClFN3/c19-12-5-3-4-11(8-12)17-9-14(15(10-21)18(22)23-17)13-6-1-2-7-16(13)20/h1-9H,(H2,22,23). The second-order valence-electron chi connectivity index (χ2n) is 4.92. The van der Waals surface area contributed by atoms with Gasteiger partial charge in [0, 0.05) is 21.7 Å². The lowest BCUT2D eigenvalue weighted by Crippen LogP contribution is -2.00. The fraction of sp³-hybridized carbons (Fsp3) is 0. The van der Waals surface area contributed by atoms with E-state index in [0.29, 0.717) is 21.8 Å². The highest BCUT2D eigenvalue weighted by molar-refractivity contribution is 6.30. The van der Waals surface area contributed by atoms with Crippen molar-refractivity contribution in [2.24, 2.45) is 0 Å². The molecule has 0 unspecified atom stereocenters. The highest BCUT2D eigenvalue weighted by Crippen LogP contribution is 2.33. The molecule has 0 saturated heterocycles. The van der Waals surface area contributed by atoms with Gasteiger partial charge in [-0.25, -0.2) is 9.37 Å². The molecule has 1 aromatic heterocycles. The van der Waals surface area contributed by atoms with Gasteiger partial charge in [-0.3, -0.25) is 0 Å². The van der Waals surface area contributed by atoms with Crippen LogP contribution in [0.5, 0.6) is 0 Å². The van der Waals surface area contributed by atoms with Crippen LogP contribution in [0.4, 0.5) is 10.2 Å². The second-order valence-corrected chi connectivity index (χ2v) is 5.35. The summed E-state index contributed by atoms with van der Waals surface area (Å²) in [4.78, 5) is 4.25. The lowest BCUT2D eigenvalue weighted by Gasteiger charge is -2.11. The van der Waals surface area contributed by atoms with E-state index in [4.69, 9.17) is 17.3 Å². The van der Waals surface area contributed by atoms with Crippen LogP contribution in [-0.4, -0.2) is 4.98 Å². The Kier molecular flexibility index (Phi) is 3.96. The van der Waals surface area contributed by atoms with Crippen molar-refractivity contribution in [2.45, 2.75) is 0 Å². The van der Waals surface area contributed by atoms with Crippen LogP contribution in [0.2, 0.25) is 5.02 Å². The molecule has 0 atom stereocenters. The molecule has 0 amide bonds. The van der Waals surface area contributed by atoms with Crippen LogP contribution in [0.15, 0.2) is 54.6 Å². The number of nitrogens with two attached hydrogens (primary N) is 1. The topological polar surface area (TPSA) is 62.7 Å². The van der Waals surface area contributed by atoms with Gasteiger partial charge in [-0.2, -0.15) is 5.26 Å². The van der Waals surface area contributed by atoms with E-state index in [1.807, 2.05) is 12.1 Å². The highest BCUT2D eigenvalue weighted by atomic mass is 35.5. The maximum Gasteiger partial charge on any atom is 0.142 e. The molecule has 0 aliphatic rings. The predicted molar refractivity (Wildman–Crippen MR) is 89.2 cm³/mol. The molecule has 112 valence electrons. The molecule has 0 aliphatic heterocycles. The summed E-state index contributed by atoms with van der Waals surface area (Å²) in [7, 11) is 0. The van der Waals surface area contributed by atoms with Crippen molar-refractivity contribution in [3.8, 4) is 28.5 Å². The molecule has 0 fully saturated rings. The smallest absolute Gasteiger partial charge is 0.142 e. The molecule has 23 heavy (non-hydrogen) atoms. The third-order valence-electron chi connectivity index (χ3n) is 3.44. The molecular weight excluding hydrogens is 313 g/mol. The quantitative estimate of drug-likeness (QED) is 0.746. The van der Waals surface area contributed by atoms with E-state index in [9.17, 15) is 9.65 Å². The van der Waals surface area contributed by atoms with Crippen molar-refractivity contribution in [2.75, 3.05) is 5.73 Å². The van der Waals surface area contributed by atoms with E-state index in [0.717, 1.165) is 5.56 Å². The Bertz CT molecular complexity index is 932. The summed E-state index contributed by atoms with van der Waals surface area (Å²) in [5.74, 6) is -0.366. The molecule has 1 heterocycles. The zero-order valence-corrected chi connectivity index (χ0v) is 12.7. The molecule has 0 saturated carbocycles. The summed E-state index contributed by atoms with van der Waals surface area (Å²) >= 11 is 6.00. The first-order valence-electron chi connectivity index (χ1n) is 6.81. The Hall–Kier alpha value is -2.90. The van der Waals surface area contributed by atoms with E-state index in [1.54, 1.807) is 42.5 Å². The van der Waals surface area contributed by atoms with Crippen molar-refractivity contribution in [3.63, 3.8) is 0 Å². The van der Waals surface area contributed by atoms with Crippen molar-refractivity contribution in [3.05, 3.63) is 71.0 Å². The Morgan fingerprint density at radius 1 is 1.04 bits per heavy atom. The molecule has 0 aliphatic carbocycles. The van der Waals surface area contributed by atoms with Crippen molar-refractivity contribution in [1.29, 1.82) is 5.26 Å². The molecule has 3 aromatic rings. The van der Waals surface area contributed by atoms with E-state index < -0.39 is 5.82 Å². The first-order chi connectivity index (χ1) is 11.1. The number of nitrogens with zero attached hydrogens (tertiary/aromatic N) is 2. The number of rotatable bonds is 2. The lowest BCUT2D eigenvalue weighted by molar-refractivity contribution is 0.631. The van der Waals surface area contributed by atoms with E-state index in [-0.39, 0.29) is 11.4 Å². The highest BCUT2D eigenvalue weighted by Gasteiger charge is 2.15. The first-order valence-corrected chi connectivity index (χ1v) is 7.19. The summed E-state index contributed by atoms with van der Waals surface area (Å²) in [6, 6.07) is 17.0. The van der Waals surface area contributed by atoms with Gasteiger partial charge in [0.15, 0.2) is 0 Å². The molecule has 0 bridgehead atoms. The van der Waals surface area contributed by atoms with Crippen LogP contribution < -0.4 is 5.73 Å². The van der Waals surface area contributed by atoms with Gasteiger partial charge in [-0.15, -0.1) is 0 Å². The first kappa shape index (κ1) is 15.0. The Balaban J connectivity index is 2.27. The summed E-state index contributed by atoms with van der Waals surface area (Å²) in [6.45, 7) is 0. The lowest BCUT2D eigenvalue weighted by atomic mass is 9.98. The SMILES string of the molecule is N#Cc1c(-c2ccccc2F)cc(-c2cccc(Cl)c2)nc1N. The summed E-state index contributed by atoms with van der Waals surface area (Å²) < 4.78 is 14.1. The fourth-order valence-corrected chi connectivity index (χ4v) is 2.56. The van der Waals surface area contributed by atoms with Crippen LogP contribution in [0.25, 0.3) is 22.4 Å². The number of aromatic nitrogens is 1. The summed E-state index contributed by atoms with van der Waals surface area (Å²) in [5, 5.41) is 9.90. The van der Waals surface area contributed by atoms with Gasteiger partial charge in [0.25, 0.3) is 0 Å². The van der Waals surface area contributed by atoms with Crippen LogP contribution >= 0.6 is 11.6 Å². The number of nitriles is 1. The molecule has 3 rings (SSSR count). The second kappa shape index (κ2) is 6.07. The Morgan fingerprint density at radius 3 is 2.52 bits per heavy atom. The predicted octanol–water partition coefficient (Wildman–Crippen LogP) is 4.66. The van der Waals surface area contributed by atoms with E-state index in [2.05, 4.69) is 4.98 Å². The minimum Gasteiger partial charge on any atom is -0.383 e. The molecule has 0 radical (unpaired) electrons. The molecular formula is C18H11ClFN3. The van der Waals surface area contributed by atoms with Crippen molar-refractivity contribution in [1.82, 2.24) is 4.98 Å². The van der Waals surface area contributed by atoms with Gasteiger partial charge in [0.05, 0.1) is 5.69 Å². The average molecular weight is 324 g/mol. The third-order valence-corrected chi connectivity index (χ3v) is 3.68. The van der Waals surface area contributed by atoms with Crippen LogP contribution in [0, 0.1) is 17.1 Å². The monoisotopic (exact) mass is 323 g/mol. The van der Waals surface area contributed by atoms with Crippen LogP contribution in [0.3, 0.4) is 0 Å². The largest absolute Gasteiger partial charge is 0.383 e. The number of nitrogen functional groups attached to an aromatic ring is 1. The van der Waals surface area contributed by atoms with Gasteiger partial charge in [-0.05, 0) is 24.3 Å². The number of halogens is 2. The average Bonchev–Trinajstić information content (AvgIpc) is 2.54. The van der Waals surface area contributed by atoms with Gasteiger partial charge in [0.1, 0.15) is 23.3 Å². The minimum absolute atomic E-state index is 0.0585. The van der Waals surface area contributed by atoms with Crippen molar-refractivity contribution < 1.29 is 4.39 Å². The summed E-state index contributed by atoms with van der Waals surface area (Å²) in [6.07, 6.45) is 0. The van der Waals surface area contributed by atoms with Crippen molar-refractivity contribution >= 4 is 17.4 Å². The molecule has 5 heteroatoms. The van der Waals surface area contributed by atoms with Gasteiger partial charge >= 0.3 is 0 Å². The summed E-state index contributed by atoms with van der Waals surface area (Å²) in [5.41, 5.74) is 8.05. The number of benzene rings is 2. The number of pyridine rings is 1. The molecule has 2 aromatic carbocycles. The van der Waals surface area contributed by atoms with E-state index >= 15 is 0 Å². The molecule has 2 N–H and O–H groups in total. The fourth-order valence-electron chi connectivity index (χ4n) is 2.37. The number of anilines is 1. The van der Waals surface area contributed by atoms with Gasteiger partial charge in [0.2, 0.25) is 0 Å². The van der Waals surface area contributed by atoms with E-state index in [1.165, 1.54) is 6.07 Å². The number of hydrogen-bond acceptors (Lipinski definition) is 3. The number of hydrogen-bond donors (Lipinski definition) is 1. The maximum absolute atomic E-state index is 14.1. The normalized spacial score (nSPS) is 10.3. The Morgan fingerprint density at radius 2 is 1.83 bits per heavy atom. The maximum atomic E-state index is 14.1. The minimum atomic E-state index is -0.424. The zero-order valence-electron chi connectivity index (χ0n) is 11.9. The zero-order chi connectivity index (χ0) is 16.4. The van der Waals surface area contributed by atoms with Gasteiger partial charge < -0.3 is 5.73 Å².